The minimum Gasteiger partial charge on any atom is -0.497 e. The van der Waals surface area contributed by atoms with E-state index in [1.165, 1.54) is 26.2 Å². The van der Waals surface area contributed by atoms with Gasteiger partial charge in [-0.2, -0.15) is 4.72 Å². The Hall–Kier alpha value is -2.38. The van der Waals surface area contributed by atoms with E-state index >= 15 is 0 Å². The van der Waals surface area contributed by atoms with Gasteiger partial charge in [-0.1, -0.05) is 12.1 Å². The lowest BCUT2D eigenvalue weighted by atomic mass is 10.2. The molecule has 7 heteroatoms. The van der Waals surface area contributed by atoms with Crippen LogP contribution in [0.25, 0.3) is 0 Å². The van der Waals surface area contributed by atoms with Gasteiger partial charge in [0.25, 0.3) is 0 Å². The molecule has 2 aromatic rings. The quantitative estimate of drug-likeness (QED) is 0.839. The van der Waals surface area contributed by atoms with E-state index in [9.17, 15) is 13.2 Å². The van der Waals surface area contributed by atoms with Crippen molar-refractivity contribution in [3.8, 4) is 5.75 Å². The van der Waals surface area contributed by atoms with Crippen molar-refractivity contribution in [3.05, 3.63) is 54.1 Å². The van der Waals surface area contributed by atoms with Crippen LogP contribution in [0.15, 0.2) is 53.4 Å². The van der Waals surface area contributed by atoms with Gasteiger partial charge < -0.3 is 10.1 Å². The third-order valence-corrected chi connectivity index (χ3v) is 4.94. The summed E-state index contributed by atoms with van der Waals surface area (Å²) in [6.45, 7) is 3.40. The fourth-order valence-electron chi connectivity index (χ4n) is 2.08. The van der Waals surface area contributed by atoms with Gasteiger partial charge in [0.15, 0.2) is 0 Å². The van der Waals surface area contributed by atoms with Gasteiger partial charge in [0, 0.05) is 5.69 Å². The Morgan fingerprint density at radius 1 is 1.12 bits per heavy atom. The number of methoxy groups -OCH3 is 1. The maximum Gasteiger partial charge on any atom is 0.242 e. The van der Waals surface area contributed by atoms with Crippen LogP contribution in [-0.4, -0.2) is 27.5 Å². The number of carbonyl (C=O) groups is 1. The molecular weight excluding hydrogens is 328 g/mol. The normalized spacial score (nSPS) is 12.5. The zero-order valence-corrected chi connectivity index (χ0v) is 14.6. The standard InChI is InChI=1S/C17H20N2O4S/c1-12-5-4-6-14(11-12)18-17(20)13(2)19-24(21,22)16-9-7-15(23-3)8-10-16/h4-11,13,19H,1-3H3,(H,18,20)/t13-/m0/s1. The van der Waals surface area contributed by atoms with Crippen molar-refractivity contribution < 1.29 is 17.9 Å². The summed E-state index contributed by atoms with van der Waals surface area (Å²) < 4.78 is 32.0. The summed E-state index contributed by atoms with van der Waals surface area (Å²) in [5, 5.41) is 2.69. The maximum absolute atomic E-state index is 12.3. The van der Waals surface area contributed by atoms with Crippen molar-refractivity contribution in [1.29, 1.82) is 0 Å². The molecular formula is C17H20N2O4S. The zero-order valence-electron chi connectivity index (χ0n) is 13.7. The number of ether oxygens (including phenoxy) is 1. The van der Waals surface area contributed by atoms with E-state index in [2.05, 4.69) is 10.0 Å². The highest BCUT2D eigenvalue weighted by Gasteiger charge is 2.22. The Morgan fingerprint density at radius 3 is 2.38 bits per heavy atom. The lowest BCUT2D eigenvalue weighted by molar-refractivity contribution is -0.117. The molecule has 0 aliphatic carbocycles. The number of hydrogen-bond acceptors (Lipinski definition) is 4. The first-order chi connectivity index (χ1) is 11.3. The van der Waals surface area contributed by atoms with E-state index in [0.717, 1.165) is 5.56 Å². The predicted molar refractivity (Wildman–Crippen MR) is 92.6 cm³/mol. The molecule has 6 nitrogen and oxygen atoms in total. The van der Waals surface area contributed by atoms with Crippen molar-refractivity contribution in [2.75, 3.05) is 12.4 Å². The molecule has 2 N–H and O–H groups in total. The largest absolute Gasteiger partial charge is 0.497 e. The van der Waals surface area contributed by atoms with Crippen molar-refractivity contribution >= 4 is 21.6 Å². The fraction of sp³-hybridized carbons (Fsp3) is 0.235. The van der Waals surface area contributed by atoms with Crippen LogP contribution in [0.2, 0.25) is 0 Å². The second-order valence-electron chi connectivity index (χ2n) is 5.38. The first kappa shape index (κ1) is 18.0. The van der Waals surface area contributed by atoms with Crippen LogP contribution >= 0.6 is 0 Å². The molecule has 0 aliphatic rings. The Kier molecular flexibility index (Phi) is 5.58. The molecule has 0 spiro atoms. The molecule has 0 saturated heterocycles. The van der Waals surface area contributed by atoms with Crippen molar-refractivity contribution in [2.45, 2.75) is 24.8 Å². The van der Waals surface area contributed by atoms with Crippen LogP contribution < -0.4 is 14.8 Å². The number of anilines is 1. The molecule has 128 valence electrons. The molecule has 0 aromatic heterocycles. The van der Waals surface area contributed by atoms with E-state index in [-0.39, 0.29) is 4.90 Å². The summed E-state index contributed by atoms with van der Waals surface area (Å²) in [5.41, 5.74) is 1.62. The lowest BCUT2D eigenvalue weighted by Crippen LogP contribution is -2.41. The van der Waals surface area contributed by atoms with Gasteiger partial charge in [0.1, 0.15) is 5.75 Å². The fourth-order valence-corrected chi connectivity index (χ4v) is 3.29. The highest BCUT2D eigenvalue weighted by atomic mass is 32.2. The van der Waals surface area contributed by atoms with Crippen molar-refractivity contribution in [3.63, 3.8) is 0 Å². The van der Waals surface area contributed by atoms with Crippen molar-refractivity contribution in [2.24, 2.45) is 0 Å². The van der Waals surface area contributed by atoms with Crippen LogP contribution in [0, 0.1) is 6.92 Å². The molecule has 2 rings (SSSR count). The lowest BCUT2D eigenvalue weighted by Gasteiger charge is -2.15. The molecule has 0 radical (unpaired) electrons. The number of amides is 1. The van der Waals surface area contributed by atoms with Gasteiger partial charge >= 0.3 is 0 Å². The van der Waals surface area contributed by atoms with Gasteiger partial charge in [-0.15, -0.1) is 0 Å². The number of carbonyl (C=O) groups excluding carboxylic acids is 1. The summed E-state index contributed by atoms with van der Waals surface area (Å²) in [4.78, 5) is 12.2. The third-order valence-electron chi connectivity index (χ3n) is 3.38. The molecule has 0 saturated carbocycles. The topological polar surface area (TPSA) is 84.5 Å². The molecule has 0 heterocycles. The van der Waals surface area contributed by atoms with E-state index in [1.54, 1.807) is 18.2 Å². The Bertz CT molecular complexity index is 817. The number of hydrogen-bond donors (Lipinski definition) is 2. The Morgan fingerprint density at radius 2 is 1.79 bits per heavy atom. The number of rotatable bonds is 6. The molecule has 1 atom stereocenters. The average molecular weight is 348 g/mol. The van der Waals surface area contributed by atoms with E-state index < -0.39 is 22.0 Å². The number of nitrogens with one attached hydrogen (secondary N) is 2. The highest BCUT2D eigenvalue weighted by Crippen LogP contribution is 2.16. The van der Waals surface area contributed by atoms with Gasteiger partial charge in [-0.3, -0.25) is 4.79 Å². The number of benzene rings is 2. The van der Waals surface area contributed by atoms with Crippen LogP contribution in [0.4, 0.5) is 5.69 Å². The monoisotopic (exact) mass is 348 g/mol. The van der Waals surface area contributed by atoms with Crippen LogP contribution in [-0.2, 0) is 14.8 Å². The van der Waals surface area contributed by atoms with Crippen molar-refractivity contribution in [1.82, 2.24) is 4.72 Å². The summed E-state index contributed by atoms with van der Waals surface area (Å²) in [6.07, 6.45) is 0. The van der Waals surface area contributed by atoms with Crippen LogP contribution in [0.5, 0.6) is 5.75 Å². The second kappa shape index (κ2) is 7.46. The molecule has 0 aliphatic heterocycles. The first-order valence-corrected chi connectivity index (χ1v) is 8.84. The Labute approximate surface area is 141 Å². The summed E-state index contributed by atoms with van der Waals surface area (Å²) in [6, 6.07) is 12.3. The SMILES string of the molecule is COc1ccc(S(=O)(=O)N[C@@H](C)C(=O)Nc2cccc(C)c2)cc1. The summed E-state index contributed by atoms with van der Waals surface area (Å²) >= 11 is 0. The summed E-state index contributed by atoms with van der Waals surface area (Å²) in [7, 11) is -2.30. The minimum absolute atomic E-state index is 0.0681. The second-order valence-corrected chi connectivity index (χ2v) is 7.09. The smallest absolute Gasteiger partial charge is 0.242 e. The van der Waals surface area contributed by atoms with Crippen LogP contribution in [0.1, 0.15) is 12.5 Å². The molecule has 24 heavy (non-hydrogen) atoms. The van der Waals surface area contributed by atoms with Gasteiger partial charge in [-0.25, -0.2) is 8.42 Å². The van der Waals surface area contributed by atoms with E-state index in [1.807, 2.05) is 25.1 Å². The highest BCUT2D eigenvalue weighted by molar-refractivity contribution is 7.89. The molecule has 0 bridgehead atoms. The molecule has 0 unspecified atom stereocenters. The predicted octanol–water partition coefficient (Wildman–Crippen LogP) is 2.31. The first-order valence-electron chi connectivity index (χ1n) is 7.36. The Balaban J connectivity index is 2.06. The third kappa shape index (κ3) is 4.56. The van der Waals surface area contributed by atoms with Gasteiger partial charge in [0.05, 0.1) is 18.0 Å². The maximum atomic E-state index is 12.3. The van der Waals surface area contributed by atoms with Gasteiger partial charge in [0.2, 0.25) is 15.9 Å². The molecule has 1 amide bonds. The summed E-state index contributed by atoms with van der Waals surface area (Å²) in [5.74, 6) is 0.122. The average Bonchev–Trinajstić information content (AvgIpc) is 2.54. The van der Waals surface area contributed by atoms with Gasteiger partial charge in [-0.05, 0) is 55.8 Å². The number of sulfonamides is 1. The van der Waals surface area contributed by atoms with E-state index in [0.29, 0.717) is 11.4 Å². The molecule has 0 fully saturated rings. The molecule has 2 aromatic carbocycles. The number of aryl methyl sites for hydroxylation is 1. The zero-order chi connectivity index (χ0) is 17.7. The minimum atomic E-state index is -3.80. The van der Waals surface area contributed by atoms with Crippen LogP contribution in [0.3, 0.4) is 0 Å². The van der Waals surface area contributed by atoms with E-state index in [4.69, 9.17) is 4.74 Å².